The summed E-state index contributed by atoms with van der Waals surface area (Å²) in [5.74, 6) is -1.65. The molecule has 0 aliphatic heterocycles. The van der Waals surface area contributed by atoms with Crippen LogP contribution in [0.1, 0.15) is 33.5 Å². The molecule has 0 radical (unpaired) electrons. The summed E-state index contributed by atoms with van der Waals surface area (Å²) in [6.45, 7) is -0.0661. The maximum Gasteiger partial charge on any atom is 0.416 e. The second kappa shape index (κ2) is 13.5. The number of ether oxygens (including phenoxy) is 1. The average molecular weight is 651 g/mol. The molecule has 3 N–H and O–H groups in total. The highest BCUT2D eigenvalue weighted by atomic mass is 35.5. The van der Waals surface area contributed by atoms with Crippen LogP contribution in [0, 0.1) is 0 Å². The number of carbonyl (C=O) groups excluding carboxylic acids is 1. The van der Waals surface area contributed by atoms with E-state index in [1.54, 1.807) is 24.3 Å². The van der Waals surface area contributed by atoms with E-state index in [1.807, 2.05) is 0 Å². The van der Waals surface area contributed by atoms with Crippen LogP contribution in [0.15, 0.2) is 78.9 Å². The van der Waals surface area contributed by atoms with E-state index in [9.17, 15) is 35.9 Å². The topological polar surface area (TPSA) is 87.7 Å². The highest BCUT2D eigenvalue weighted by Crippen LogP contribution is 2.40. The molecule has 4 aromatic carbocycles. The van der Waals surface area contributed by atoms with E-state index in [-0.39, 0.29) is 41.4 Å². The molecule has 0 aromatic heterocycles. The van der Waals surface area contributed by atoms with Gasteiger partial charge in [0.2, 0.25) is 0 Å². The summed E-state index contributed by atoms with van der Waals surface area (Å²) in [6, 6.07) is 17.3. The van der Waals surface area contributed by atoms with Crippen molar-refractivity contribution in [2.24, 2.45) is 0 Å². The Morgan fingerprint density at radius 3 is 1.96 bits per heavy atom. The van der Waals surface area contributed by atoms with Gasteiger partial charge in [0, 0.05) is 40.5 Å². The van der Waals surface area contributed by atoms with Crippen molar-refractivity contribution in [3.05, 3.63) is 106 Å². The summed E-state index contributed by atoms with van der Waals surface area (Å²) in [5.41, 5.74) is 0.834. The fourth-order valence-electron chi connectivity index (χ4n) is 4.50. The minimum atomic E-state index is -4.67. The molecule has 4 aromatic rings. The Hall–Kier alpha value is -4.71. The van der Waals surface area contributed by atoms with Crippen molar-refractivity contribution in [2.45, 2.75) is 25.3 Å². The number of halogens is 7. The van der Waals surface area contributed by atoms with Gasteiger partial charge in [-0.2, -0.15) is 26.3 Å². The minimum Gasteiger partial charge on any atom is -0.496 e. The van der Waals surface area contributed by atoms with E-state index >= 15 is 0 Å². The van der Waals surface area contributed by atoms with Gasteiger partial charge in [-0.3, -0.25) is 9.59 Å². The monoisotopic (exact) mass is 650 g/mol. The van der Waals surface area contributed by atoms with Crippen molar-refractivity contribution in [3.63, 3.8) is 0 Å². The summed E-state index contributed by atoms with van der Waals surface area (Å²) in [7, 11) is 1.25. The van der Waals surface area contributed by atoms with Crippen molar-refractivity contribution in [1.29, 1.82) is 0 Å². The Morgan fingerprint density at radius 2 is 1.40 bits per heavy atom. The smallest absolute Gasteiger partial charge is 0.416 e. The van der Waals surface area contributed by atoms with Gasteiger partial charge in [0.25, 0.3) is 5.91 Å². The number of carboxylic acid groups (broad SMARTS) is 1. The third-order valence-electron chi connectivity index (χ3n) is 6.80. The molecule has 0 fully saturated rings. The van der Waals surface area contributed by atoms with Gasteiger partial charge in [-0.1, -0.05) is 41.9 Å². The number of aliphatic carboxylic acids is 1. The lowest BCUT2D eigenvalue weighted by Gasteiger charge is -2.19. The lowest BCUT2D eigenvalue weighted by Crippen LogP contribution is -2.25. The van der Waals surface area contributed by atoms with Crippen molar-refractivity contribution >= 4 is 29.2 Å². The molecule has 0 aliphatic rings. The Balaban J connectivity index is 1.60. The SMILES string of the molecule is COc1cc(C(F)(F)F)cc(-c2ccc(C(=O)NCCC(=O)O)cc2)c1CNc1ccc(-c2ccc(C(F)(F)F)cc2Cl)cc1. The molecule has 0 heterocycles. The van der Waals surface area contributed by atoms with E-state index in [0.717, 1.165) is 24.3 Å². The first-order valence-electron chi connectivity index (χ1n) is 13.3. The lowest BCUT2D eigenvalue weighted by atomic mass is 9.95. The number of benzene rings is 4. The van der Waals surface area contributed by atoms with Crippen LogP contribution in [-0.4, -0.2) is 30.6 Å². The summed E-state index contributed by atoms with van der Waals surface area (Å²) in [6.07, 6.45) is -9.47. The molecule has 0 spiro atoms. The van der Waals surface area contributed by atoms with Crippen LogP contribution in [-0.2, 0) is 23.7 Å². The number of rotatable bonds is 10. The standard InChI is InChI=1S/C32H25ClF6N2O4/c1-45-28-16-22(32(37,38)39)14-25(19-2-4-20(5-3-19)30(44)40-13-12-29(42)43)26(28)17-41-23-9-6-18(7-10-23)24-11-8-21(15-27(24)33)31(34,35)36/h2-11,14-16,41H,12-13,17H2,1H3,(H,40,44)(H,42,43). The first-order chi connectivity index (χ1) is 21.2. The van der Waals surface area contributed by atoms with Crippen LogP contribution < -0.4 is 15.4 Å². The molecule has 6 nitrogen and oxygen atoms in total. The molecule has 0 bridgehead atoms. The van der Waals surface area contributed by atoms with Crippen molar-refractivity contribution in [2.75, 3.05) is 19.0 Å². The fraction of sp³-hybridized carbons (Fsp3) is 0.188. The van der Waals surface area contributed by atoms with Crippen molar-refractivity contribution in [1.82, 2.24) is 5.32 Å². The minimum absolute atomic E-state index is 0.0223. The van der Waals surface area contributed by atoms with Crippen molar-refractivity contribution < 1.29 is 45.8 Å². The molecule has 1 amide bonds. The third-order valence-corrected chi connectivity index (χ3v) is 7.11. The third kappa shape index (κ3) is 8.27. The van der Waals surface area contributed by atoms with Gasteiger partial charge in [0.15, 0.2) is 0 Å². The number of anilines is 1. The van der Waals surface area contributed by atoms with Gasteiger partial charge in [-0.25, -0.2) is 0 Å². The summed E-state index contributed by atoms with van der Waals surface area (Å²) >= 11 is 6.11. The van der Waals surface area contributed by atoms with Gasteiger partial charge in [-0.15, -0.1) is 0 Å². The highest BCUT2D eigenvalue weighted by Gasteiger charge is 2.33. The Morgan fingerprint density at radius 1 is 0.800 bits per heavy atom. The van der Waals surface area contributed by atoms with Crippen molar-refractivity contribution in [3.8, 4) is 28.0 Å². The van der Waals surface area contributed by atoms with E-state index in [4.69, 9.17) is 21.4 Å². The second-order valence-corrected chi connectivity index (χ2v) is 10.2. The molecule has 0 aliphatic carbocycles. The fourth-order valence-corrected chi connectivity index (χ4v) is 4.79. The van der Waals surface area contributed by atoms with E-state index < -0.39 is 35.4 Å². The predicted molar refractivity (Wildman–Crippen MR) is 157 cm³/mol. The summed E-state index contributed by atoms with van der Waals surface area (Å²) < 4.78 is 85.7. The van der Waals surface area contributed by atoms with Crippen LogP contribution in [0.25, 0.3) is 22.3 Å². The Labute approximate surface area is 258 Å². The molecule has 0 saturated heterocycles. The van der Waals surface area contributed by atoms with Gasteiger partial charge in [0.1, 0.15) is 5.75 Å². The van der Waals surface area contributed by atoms with Crippen LogP contribution in [0.5, 0.6) is 5.75 Å². The maximum atomic E-state index is 13.8. The van der Waals surface area contributed by atoms with Gasteiger partial charge < -0.3 is 20.5 Å². The molecule has 0 unspecified atom stereocenters. The number of alkyl halides is 6. The molecular formula is C32H25ClF6N2O4. The van der Waals surface area contributed by atoms with E-state index in [1.165, 1.54) is 37.4 Å². The predicted octanol–water partition coefficient (Wildman–Crippen LogP) is 8.54. The number of methoxy groups -OCH3 is 1. The van der Waals surface area contributed by atoms with Crippen LogP contribution in [0.4, 0.5) is 32.0 Å². The molecule has 0 atom stereocenters. The van der Waals surface area contributed by atoms with Gasteiger partial charge >= 0.3 is 18.3 Å². The summed E-state index contributed by atoms with van der Waals surface area (Å²) in [5, 5.41) is 14.3. The van der Waals surface area contributed by atoms with Crippen LogP contribution >= 0.6 is 11.6 Å². The molecule has 45 heavy (non-hydrogen) atoms. The van der Waals surface area contributed by atoms with E-state index in [0.29, 0.717) is 27.9 Å². The molecule has 13 heteroatoms. The van der Waals surface area contributed by atoms with Crippen LogP contribution in [0.3, 0.4) is 0 Å². The average Bonchev–Trinajstić information content (AvgIpc) is 2.99. The summed E-state index contributed by atoms with van der Waals surface area (Å²) in [4.78, 5) is 23.0. The Kier molecular flexibility index (Phi) is 9.97. The van der Waals surface area contributed by atoms with Gasteiger partial charge in [-0.05, 0) is 65.2 Å². The normalized spacial score (nSPS) is 11.6. The quantitative estimate of drug-likeness (QED) is 0.150. The number of carboxylic acids is 1. The number of amides is 1. The maximum absolute atomic E-state index is 13.8. The number of nitrogens with one attached hydrogen (secondary N) is 2. The first kappa shape index (κ1) is 33.2. The molecule has 0 saturated carbocycles. The Bertz CT molecular complexity index is 1690. The zero-order chi connectivity index (χ0) is 32.9. The van der Waals surface area contributed by atoms with E-state index in [2.05, 4.69) is 10.6 Å². The molecular weight excluding hydrogens is 626 g/mol. The zero-order valence-electron chi connectivity index (χ0n) is 23.4. The molecule has 4 rings (SSSR count). The molecule has 236 valence electrons. The largest absolute Gasteiger partial charge is 0.496 e. The highest BCUT2D eigenvalue weighted by molar-refractivity contribution is 6.33. The number of hydrogen-bond donors (Lipinski definition) is 3. The first-order valence-corrected chi connectivity index (χ1v) is 13.6. The number of carbonyl (C=O) groups is 2. The zero-order valence-corrected chi connectivity index (χ0v) is 24.2. The van der Waals surface area contributed by atoms with Crippen LogP contribution in [0.2, 0.25) is 5.02 Å². The van der Waals surface area contributed by atoms with Gasteiger partial charge in [0.05, 0.1) is 24.7 Å². The lowest BCUT2D eigenvalue weighted by molar-refractivity contribution is -0.138. The second-order valence-electron chi connectivity index (χ2n) is 9.80. The number of hydrogen-bond acceptors (Lipinski definition) is 4.